The van der Waals surface area contributed by atoms with Gasteiger partial charge in [-0.25, -0.2) is 12.7 Å². The second-order valence-corrected chi connectivity index (χ2v) is 8.40. The molecule has 1 fully saturated rings. The first-order valence-electron chi connectivity index (χ1n) is 8.78. The number of benzene rings is 1. The predicted octanol–water partition coefficient (Wildman–Crippen LogP) is 1.80. The third kappa shape index (κ3) is 4.68. The number of hydrogen-bond acceptors (Lipinski definition) is 4. The Hall–Kier alpha value is -2.25. The summed E-state index contributed by atoms with van der Waals surface area (Å²) < 4.78 is 26.9. The van der Waals surface area contributed by atoms with Gasteiger partial charge in [0.15, 0.2) is 0 Å². The van der Waals surface area contributed by atoms with Crippen molar-refractivity contribution in [2.45, 2.75) is 12.8 Å². The number of carbonyl (C=O) groups excluding carboxylic acids is 1. The van der Waals surface area contributed by atoms with Crippen LogP contribution in [0.3, 0.4) is 0 Å². The van der Waals surface area contributed by atoms with Gasteiger partial charge in [0.05, 0.1) is 5.75 Å². The molecule has 0 atom stereocenters. The van der Waals surface area contributed by atoms with Crippen molar-refractivity contribution < 1.29 is 13.2 Å². The molecule has 0 bridgehead atoms. The zero-order valence-corrected chi connectivity index (χ0v) is 15.4. The average molecular weight is 373 g/mol. The van der Waals surface area contributed by atoms with Gasteiger partial charge in [-0.3, -0.25) is 9.78 Å². The number of carbonyl (C=O) groups is 1. The van der Waals surface area contributed by atoms with Gasteiger partial charge in [0.2, 0.25) is 10.0 Å². The Kier molecular flexibility index (Phi) is 6.00. The monoisotopic (exact) mass is 373 g/mol. The molecule has 6 nitrogen and oxygen atoms in total. The molecule has 0 saturated carbocycles. The molecule has 1 amide bonds. The van der Waals surface area contributed by atoms with Crippen LogP contribution >= 0.6 is 0 Å². The van der Waals surface area contributed by atoms with Gasteiger partial charge >= 0.3 is 0 Å². The van der Waals surface area contributed by atoms with E-state index in [-0.39, 0.29) is 11.7 Å². The number of amides is 1. The van der Waals surface area contributed by atoms with Gasteiger partial charge in [0.25, 0.3) is 5.91 Å². The van der Waals surface area contributed by atoms with Crippen LogP contribution in [0.15, 0.2) is 54.7 Å². The lowest BCUT2D eigenvalue weighted by Crippen LogP contribution is -2.38. The molecule has 0 unspecified atom stereocenters. The number of hydrogen-bond donors (Lipinski definition) is 0. The van der Waals surface area contributed by atoms with Gasteiger partial charge in [0, 0.05) is 32.4 Å². The van der Waals surface area contributed by atoms with Gasteiger partial charge in [0.1, 0.15) is 5.69 Å². The molecule has 138 valence electrons. The molecule has 1 aliphatic rings. The van der Waals surface area contributed by atoms with E-state index in [1.54, 1.807) is 29.3 Å². The lowest BCUT2D eigenvalue weighted by molar-refractivity contribution is 0.0758. The average Bonchev–Trinajstić information content (AvgIpc) is 2.94. The zero-order chi connectivity index (χ0) is 18.4. The first-order valence-corrected chi connectivity index (χ1v) is 10.4. The number of aromatic nitrogens is 1. The molecule has 1 aliphatic heterocycles. The summed E-state index contributed by atoms with van der Waals surface area (Å²) in [4.78, 5) is 18.3. The molecule has 0 N–H and O–H groups in total. The molecule has 0 spiro atoms. The van der Waals surface area contributed by atoms with Crippen molar-refractivity contribution in [3.8, 4) is 0 Å². The summed E-state index contributed by atoms with van der Waals surface area (Å²) in [5.74, 6) is -0.0558. The van der Waals surface area contributed by atoms with E-state index in [0.717, 1.165) is 5.56 Å². The van der Waals surface area contributed by atoms with Crippen LogP contribution in [0.4, 0.5) is 0 Å². The van der Waals surface area contributed by atoms with Crippen molar-refractivity contribution in [2.75, 3.05) is 31.9 Å². The van der Waals surface area contributed by atoms with Gasteiger partial charge in [-0.1, -0.05) is 36.4 Å². The maximum absolute atomic E-state index is 12.7. The third-order valence-electron chi connectivity index (χ3n) is 4.51. The van der Waals surface area contributed by atoms with E-state index < -0.39 is 10.0 Å². The highest BCUT2D eigenvalue weighted by Gasteiger charge is 2.27. The van der Waals surface area contributed by atoms with E-state index in [2.05, 4.69) is 4.98 Å². The predicted molar refractivity (Wildman–Crippen MR) is 100 cm³/mol. The molecule has 3 rings (SSSR count). The van der Waals surface area contributed by atoms with Crippen LogP contribution in [0.1, 0.15) is 22.5 Å². The molecular weight excluding hydrogens is 350 g/mol. The van der Waals surface area contributed by atoms with E-state index in [0.29, 0.717) is 44.7 Å². The maximum Gasteiger partial charge on any atom is 0.272 e. The Morgan fingerprint density at radius 2 is 1.73 bits per heavy atom. The van der Waals surface area contributed by atoms with E-state index in [1.165, 1.54) is 4.31 Å². The number of aryl methyl sites for hydroxylation is 1. The first-order chi connectivity index (χ1) is 12.6. The summed E-state index contributed by atoms with van der Waals surface area (Å²) in [5.41, 5.74) is 1.41. The standard InChI is InChI=1S/C19H23N3O3S/c23-19(18-9-4-5-11-20-18)21-12-6-13-22(15-14-21)26(24,25)16-10-17-7-2-1-3-8-17/h1-5,7-9,11H,6,10,12-16H2. The summed E-state index contributed by atoms with van der Waals surface area (Å²) in [6.45, 7) is 1.71. The van der Waals surface area contributed by atoms with Gasteiger partial charge in [-0.15, -0.1) is 0 Å². The second kappa shape index (κ2) is 8.42. The van der Waals surface area contributed by atoms with Crippen LogP contribution in [-0.2, 0) is 16.4 Å². The quantitative estimate of drug-likeness (QED) is 0.801. The van der Waals surface area contributed by atoms with Gasteiger partial charge in [-0.2, -0.15) is 0 Å². The fourth-order valence-corrected chi connectivity index (χ4v) is 4.57. The molecule has 1 saturated heterocycles. The fourth-order valence-electron chi connectivity index (χ4n) is 3.05. The summed E-state index contributed by atoms with van der Waals surface area (Å²) >= 11 is 0. The Labute approximate surface area is 154 Å². The van der Waals surface area contributed by atoms with Crippen molar-refractivity contribution in [3.63, 3.8) is 0 Å². The molecular formula is C19H23N3O3S. The molecule has 0 aliphatic carbocycles. The van der Waals surface area contributed by atoms with Gasteiger partial charge < -0.3 is 4.90 Å². The molecule has 0 radical (unpaired) electrons. The van der Waals surface area contributed by atoms with E-state index in [4.69, 9.17) is 0 Å². The van der Waals surface area contributed by atoms with Crippen LogP contribution < -0.4 is 0 Å². The van der Waals surface area contributed by atoms with Crippen molar-refractivity contribution in [1.82, 2.24) is 14.2 Å². The van der Waals surface area contributed by atoms with Crippen molar-refractivity contribution in [2.24, 2.45) is 0 Å². The number of rotatable bonds is 5. The number of nitrogens with zero attached hydrogens (tertiary/aromatic N) is 3. The molecule has 26 heavy (non-hydrogen) atoms. The highest BCUT2D eigenvalue weighted by molar-refractivity contribution is 7.89. The number of sulfonamides is 1. The van der Waals surface area contributed by atoms with E-state index in [9.17, 15) is 13.2 Å². The Morgan fingerprint density at radius 1 is 0.962 bits per heavy atom. The maximum atomic E-state index is 12.7. The van der Waals surface area contributed by atoms with E-state index >= 15 is 0 Å². The van der Waals surface area contributed by atoms with Crippen LogP contribution in [-0.4, -0.2) is 60.4 Å². The Balaban J connectivity index is 1.60. The lowest BCUT2D eigenvalue weighted by Gasteiger charge is -2.21. The van der Waals surface area contributed by atoms with Crippen molar-refractivity contribution in [3.05, 3.63) is 66.0 Å². The minimum Gasteiger partial charge on any atom is -0.336 e. The Morgan fingerprint density at radius 3 is 2.46 bits per heavy atom. The number of pyridine rings is 1. The topological polar surface area (TPSA) is 70.6 Å². The molecule has 2 aromatic rings. The normalized spacial score (nSPS) is 16.2. The summed E-state index contributed by atoms with van der Waals surface area (Å²) in [7, 11) is -3.34. The molecule has 7 heteroatoms. The minimum absolute atomic E-state index is 0.0885. The lowest BCUT2D eigenvalue weighted by atomic mass is 10.2. The summed E-state index contributed by atoms with van der Waals surface area (Å²) in [6, 6.07) is 14.8. The fraction of sp³-hybridized carbons (Fsp3) is 0.368. The van der Waals surface area contributed by atoms with Crippen molar-refractivity contribution in [1.29, 1.82) is 0 Å². The highest BCUT2D eigenvalue weighted by Crippen LogP contribution is 2.13. The molecule has 1 aromatic carbocycles. The van der Waals surface area contributed by atoms with Crippen LogP contribution in [0, 0.1) is 0 Å². The van der Waals surface area contributed by atoms with Crippen LogP contribution in [0.25, 0.3) is 0 Å². The van der Waals surface area contributed by atoms with E-state index in [1.807, 2.05) is 30.3 Å². The molecule has 2 heterocycles. The molecule has 1 aromatic heterocycles. The first kappa shape index (κ1) is 18.5. The van der Waals surface area contributed by atoms with Gasteiger partial charge in [-0.05, 0) is 30.5 Å². The highest BCUT2D eigenvalue weighted by atomic mass is 32.2. The van der Waals surface area contributed by atoms with Crippen LogP contribution in [0.2, 0.25) is 0 Å². The zero-order valence-electron chi connectivity index (χ0n) is 14.6. The Bertz CT molecular complexity index is 826. The smallest absolute Gasteiger partial charge is 0.272 e. The SMILES string of the molecule is O=C(c1ccccn1)N1CCCN(S(=O)(=O)CCc2ccccc2)CC1. The summed E-state index contributed by atoms with van der Waals surface area (Å²) in [6.07, 6.45) is 2.71. The van der Waals surface area contributed by atoms with Crippen molar-refractivity contribution >= 4 is 15.9 Å². The largest absolute Gasteiger partial charge is 0.336 e. The minimum atomic E-state index is -3.34. The van der Waals surface area contributed by atoms with Crippen LogP contribution in [0.5, 0.6) is 0 Å². The second-order valence-electron chi connectivity index (χ2n) is 6.31. The summed E-state index contributed by atoms with van der Waals surface area (Å²) in [5, 5.41) is 0. The third-order valence-corrected chi connectivity index (χ3v) is 6.38.